The molecule has 196 valence electrons. The van der Waals surface area contributed by atoms with Crippen molar-refractivity contribution in [2.45, 2.75) is 25.0 Å². The highest BCUT2D eigenvalue weighted by molar-refractivity contribution is 6.35. The SMILES string of the molecule is Clc1ccc(C2(Cn3ccnc3)OC[C@H](COc3ccc(CNC/C=C/c4ccccc4)cc3)O2)c(Cl)c1. The van der Waals surface area contributed by atoms with E-state index in [0.717, 1.165) is 24.4 Å². The van der Waals surface area contributed by atoms with Gasteiger partial charge in [0.25, 0.3) is 0 Å². The Labute approximate surface area is 232 Å². The zero-order valence-corrected chi connectivity index (χ0v) is 22.3. The summed E-state index contributed by atoms with van der Waals surface area (Å²) in [6, 6.07) is 23.7. The Hall–Kier alpha value is -3.13. The first-order valence-electron chi connectivity index (χ1n) is 12.5. The summed E-state index contributed by atoms with van der Waals surface area (Å²) < 4.78 is 20.6. The summed E-state index contributed by atoms with van der Waals surface area (Å²) in [6.45, 7) is 2.68. The van der Waals surface area contributed by atoms with Gasteiger partial charge in [-0.05, 0) is 35.4 Å². The fourth-order valence-corrected chi connectivity index (χ4v) is 4.88. The van der Waals surface area contributed by atoms with Gasteiger partial charge in [-0.2, -0.15) is 0 Å². The molecule has 2 heterocycles. The minimum atomic E-state index is -1.07. The van der Waals surface area contributed by atoms with Gasteiger partial charge in [0.2, 0.25) is 5.79 Å². The second-order valence-corrected chi connectivity index (χ2v) is 9.91. The Morgan fingerprint density at radius 1 is 1.08 bits per heavy atom. The van der Waals surface area contributed by atoms with E-state index < -0.39 is 5.79 Å². The maximum absolute atomic E-state index is 6.55. The topological polar surface area (TPSA) is 57.5 Å². The molecule has 2 atom stereocenters. The Morgan fingerprint density at radius 3 is 2.68 bits per heavy atom. The molecule has 1 unspecified atom stereocenters. The van der Waals surface area contributed by atoms with E-state index >= 15 is 0 Å². The largest absolute Gasteiger partial charge is 0.491 e. The van der Waals surface area contributed by atoms with Gasteiger partial charge in [0.15, 0.2) is 0 Å². The van der Waals surface area contributed by atoms with Crippen LogP contribution in [0.2, 0.25) is 10.0 Å². The van der Waals surface area contributed by atoms with Crippen LogP contribution in [0.15, 0.2) is 97.6 Å². The third-order valence-corrected chi connectivity index (χ3v) is 6.76. The lowest BCUT2D eigenvalue weighted by atomic mass is 10.1. The molecule has 38 heavy (non-hydrogen) atoms. The lowest BCUT2D eigenvalue weighted by molar-refractivity contribution is -0.189. The normalized spacial score (nSPS) is 19.3. The van der Waals surface area contributed by atoms with Gasteiger partial charge in [-0.3, -0.25) is 0 Å². The molecule has 1 fully saturated rings. The van der Waals surface area contributed by atoms with Crippen molar-refractivity contribution in [1.29, 1.82) is 0 Å². The molecule has 0 amide bonds. The van der Waals surface area contributed by atoms with E-state index in [4.69, 9.17) is 37.4 Å². The number of nitrogens with one attached hydrogen (secondary N) is 1. The van der Waals surface area contributed by atoms with Crippen molar-refractivity contribution in [2.75, 3.05) is 19.8 Å². The Bertz CT molecular complexity index is 1330. The van der Waals surface area contributed by atoms with Gasteiger partial charge in [0.05, 0.1) is 24.5 Å². The zero-order chi connectivity index (χ0) is 26.2. The van der Waals surface area contributed by atoms with Crippen molar-refractivity contribution in [1.82, 2.24) is 14.9 Å². The lowest BCUT2D eigenvalue weighted by Crippen LogP contribution is -2.34. The standard InChI is InChI=1S/C30H29Cl2N3O3/c31-25-10-13-28(29(32)17-25)30(21-35-16-15-34-22-35)37-20-27(38-30)19-36-26-11-8-24(9-12-26)18-33-14-4-7-23-5-2-1-3-6-23/h1-13,15-17,22,27,33H,14,18-21H2/b7-4+/t27-,30?/m0/s1. The molecule has 3 aromatic carbocycles. The van der Waals surface area contributed by atoms with Crippen LogP contribution < -0.4 is 10.1 Å². The molecule has 0 saturated carbocycles. The molecule has 5 rings (SSSR count). The molecule has 1 aromatic heterocycles. The highest BCUT2D eigenvalue weighted by atomic mass is 35.5. The van der Waals surface area contributed by atoms with Crippen LogP contribution in [0.25, 0.3) is 6.08 Å². The predicted molar refractivity (Wildman–Crippen MR) is 150 cm³/mol. The van der Waals surface area contributed by atoms with Gasteiger partial charge in [-0.15, -0.1) is 0 Å². The molecule has 1 N–H and O–H groups in total. The second kappa shape index (κ2) is 12.6. The van der Waals surface area contributed by atoms with Crippen LogP contribution in [0, 0.1) is 0 Å². The first-order chi connectivity index (χ1) is 18.6. The third-order valence-electron chi connectivity index (χ3n) is 6.21. The van der Waals surface area contributed by atoms with Crippen LogP contribution >= 0.6 is 23.2 Å². The molecule has 1 aliphatic rings. The number of benzene rings is 3. The van der Waals surface area contributed by atoms with Crippen LogP contribution in [0.5, 0.6) is 5.75 Å². The van der Waals surface area contributed by atoms with E-state index in [1.807, 2.05) is 47.2 Å². The van der Waals surface area contributed by atoms with E-state index in [9.17, 15) is 0 Å². The highest BCUT2D eigenvalue weighted by Gasteiger charge is 2.45. The van der Waals surface area contributed by atoms with Crippen LogP contribution in [0.1, 0.15) is 16.7 Å². The van der Waals surface area contributed by atoms with E-state index in [1.165, 1.54) is 11.1 Å². The lowest BCUT2D eigenvalue weighted by Gasteiger charge is -2.30. The summed E-state index contributed by atoms with van der Waals surface area (Å²) in [4.78, 5) is 4.13. The molecular weight excluding hydrogens is 521 g/mol. The number of hydrogen-bond donors (Lipinski definition) is 1. The molecule has 4 aromatic rings. The van der Waals surface area contributed by atoms with Gasteiger partial charge in [0, 0.05) is 36.1 Å². The number of imidazole rings is 1. The van der Waals surface area contributed by atoms with Gasteiger partial charge >= 0.3 is 0 Å². The summed E-state index contributed by atoms with van der Waals surface area (Å²) in [7, 11) is 0. The summed E-state index contributed by atoms with van der Waals surface area (Å²) in [5.74, 6) is -0.293. The fraction of sp³-hybridized carbons (Fsp3) is 0.233. The van der Waals surface area contributed by atoms with Crippen molar-refractivity contribution in [2.24, 2.45) is 0 Å². The summed E-state index contributed by atoms with van der Waals surface area (Å²) >= 11 is 12.7. The maximum Gasteiger partial charge on any atom is 0.215 e. The third kappa shape index (κ3) is 6.84. The molecular formula is C30H29Cl2N3O3. The van der Waals surface area contributed by atoms with Crippen molar-refractivity contribution >= 4 is 29.3 Å². The van der Waals surface area contributed by atoms with Crippen LogP contribution in [0.3, 0.4) is 0 Å². The van der Waals surface area contributed by atoms with Crippen LogP contribution in [-0.4, -0.2) is 35.4 Å². The average Bonchev–Trinajstić information content (AvgIpc) is 3.59. The van der Waals surface area contributed by atoms with E-state index in [0.29, 0.717) is 29.8 Å². The number of ether oxygens (including phenoxy) is 3. The number of hydrogen-bond acceptors (Lipinski definition) is 5. The first-order valence-corrected chi connectivity index (χ1v) is 13.2. The summed E-state index contributed by atoms with van der Waals surface area (Å²) in [5, 5.41) is 4.47. The van der Waals surface area contributed by atoms with Gasteiger partial charge in [0.1, 0.15) is 18.5 Å². The van der Waals surface area contributed by atoms with Crippen molar-refractivity contribution in [3.05, 3.63) is 124 Å². The number of rotatable bonds is 11. The molecule has 8 heteroatoms. The Kier molecular flexibility index (Phi) is 8.79. The summed E-state index contributed by atoms with van der Waals surface area (Å²) in [6.07, 6.45) is 9.26. The average molecular weight is 550 g/mol. The van der Waals surface area contributed by atoms with Crippen molar-refractivity contribution < 1.29 is 14.2 Å². The monoisotopic (exact) mass is 549 g/mol. The fourth-order valence-electron chi connectivity index (χ4n) is 4.33. The second-order valence-electron chi connectivity index (χ2n) is 9.06. The van der Waals surface area contributed by atoms with Gasteiger partial charge < -0.3 is 24.1 Å². The quantitative estimate of drug-likeness (QED) is 0.221. The minimum Gasteiger partial charge on any atom is -0.491 e. The van der Waals surface area contributed by atoms with E-state index in [-0.39, 0.29) is 6.10 Å². The number of nitrogens with zero attached hydrogens (tertiary/aromatic N) is 2. The minimum absolute atomic E-state index is 0.275. The van der Waals surface area contributed by atoms with Gasteiger partial charge in [-0.1, -0.05) is 83.9 Å². The highest BCUT2D eigenvalue weighted by Crippen LogP contribution is 2.40. The number of halogens is 2. The first kappa shape index (κ1) is 26.5. The Morgan fingerprint density at radius 2 is 1.92 bits per heavy atom. The Balaban J connectivity index is 1.14. The molecule has 1 aliphatic heterocycles. The predicted octanol–water partition coefficient (Wildman–Crippen LogP) is 6.34. The molecule has 0 radical (unpaired) electrons. The molecule has 0 aliphatic carbocycles. The molecule has 1 saturated heterocycles. The van der Waals surface area contributed by atoms with Crippen LogP contribution in [-0.2, 0) is 28.4 Å². The maximum atomic E-state index is 6.55. The molecule has 0 spiro atoms. The molecule has 0 bridgehead atoms. The zero-order valence-electron chi connectivity index (χ0n) is 20.8. The van der Waals surface area contributed by atoms with Crippen molar-refractivity contribution in [3.8, 4) is 5.75 Å². The summed E-state index contributed by atoms with van der Waals surface area (Å²) in [5.41, 5.74) is 3.10. The van der Waals surface area contributed by atoms with Gasteiger partial charge in [-0.25, -0.2) is 4.98 Å². The van der Waals surface area contributed by atoms with E-state index in [2.05, 4.69) is 46.7 Å². The van der Waals surface area contributed by atoms with Crippen molar-refractivity contribution in [3.63, 3.8) is 0 Å². The smallest absolute Gasteiger partial charge is 0.215 e. The van der Waals surface area contributed by atoms with Crippen LogP contribution in [0.4, 0.5) is 0 Å². The number of aromatic nitrogens is 2. The molecule has 6 nitrogen and oxygen atoms in total. The van der Waals surface area contributed by atoms with E-state index in [1.54, 1.807) is 24.7 Å².